The third-order valence-electron chi connectivity index (χ3n) is 2.05. The standard InChI is InChI=1S/C10H8ClN3O2S/c1-17-8-5-7(10(15)16)14(13-8)9-6(11)3-2-4-12-9/h2-5H,1H3,(H,15,16). The molecule has 2 aromatic rings. The van der Waals surface area contributed by atoms with Gasteiger partial charge in [-0.05, 0) is 18.4 Å². The first-order valence-corrected chi connectivity index (χ1v) is 6.22. The van der Waals surface area contributed by atoms with Crippen molar-refractivity contribution < 1.29 is 9.90 Å². The zero-order chi connectivity index (χ0) is 12.4. The molecule has 0 saturated carbocycles. The molecule has 0 aliphatic heterocycles. The van der Waals surface area contributed by atoms with Crippen molar-refractivity contribution in [3.05, 3.63) is 35.1 Å². The highest BCUT2D eigenvalue weighted by atomic mass is 35.5. The minimum Gasteiger partial charge on any atom is -0.477 e. The Balaban J connectivity index is 2.62. The number of pyridine rings is 1. The average molecular weight is 270 g/mol. The first kappa shape index (κ1) is 11.9. The van der Waals surface area contributed by atoms with E-state index in [0.717, 1.165) is 0 Å². The van der Waals surface area contributed by atoms with Crippen molar-refractivity contribution in [3.63, 3.8) is 0 Å². The lowest BCUT2D eigenvalue weighted by Gasteiger charge is -2.04. The lowest BCUT2D eigenvalue weighted by Crippen LogP contribution is -2.09. The van der Waals surface area contributed by atoms with E-state index >= 15 is 0 Å². The van der Waals surface area contributed by atoms with Crippen LogP contribution in [-0.2, 0) is 0 Å². The quantitative estimate of drug-likeness (QED) is 0.866. The second-order valence-corrected chi connectivity index (χ2v) is 4.33. The van der Waals surface area contributed by atoms with Crippen LogP contribution in [0, 0.1) is 0 Å². The lowest BCUT2D eigenvalue weighted by molar-refractivity contribution is 0.0687. The third kappa shape index (κ3) is 2.27. The molecule has 0 saturated heterocycles. The summed E-state index contributed by atoms with van der Waals surface area (Å²) in [6.07, 6.45) is 3.35. The summed E-state index contributed by atoms with van der Waals surface area (Å²) in [5.74, 6) is -0.758. The lowest BCUT2D eigenvalue weighted by atomic mass is 10.4. The number of rotatable bonds is 3. The summed E-state index contributed by atoms with van der Waals surface area (Å²) in [4.78, 5) is 15.1. The molecule has 2 aromatic heterocycles. The molecule has 0 aliphatic carbocycles. The molecule has 17 heavy (non-hydrogen) atoms. The summed E-state index contributed by atoms with van der Waals surface area (Å²) in [7, 11) is 0. The first-order valence-electron chi connectivity index (χ1n) is 4.61. The van der Waals surface area contributed by atoms with Crippen LogP contribution in [0.1, 0.15) is 10.5 Å². The average Bonchev–Trinajstić information content (AvgIpc) is 2.73. The number of hydrogen-bond acceptors (Lipinski definition) is 4. The normalized spacial score (nSPS) is 10.5. The molecule has 2 heterocycles. The number of hydrogen-bond donors (Lipinski definition) is 1. The van der Waals surface area contributed by atoms with Gasteiger partial charge in [-0.3, -0.25) is 0 Å². The molecule has 0 spiro atoms. The molecule has 5 nitrogen and oxygen atoms in total. The molecule has 0 radical (unpaired) electrons. The van der Waals surface area contributed by atoms with Crippen molar-refractivity contribution in [1.29, 1.82) is 0 Å². The fourth-order valence-electron chi connectivity index (χ4n) is 1.31. The molecule has 7 heteroatoms. The largest absolute Gasteiger partial charge is 0.477 e. The van der Waals surface area contributed by atoms with Crippen LogP contribution < -0.4 is 0 Å². The molecule has 1 N–H and O–H groups in total. The minimum absolute atomic E-state index is 0.0370. The number of carboxylic acids is 1. The first-order chi connectivity index (χ1) is 8.13. The van der Waals surface area contributed by atoms with Crippen molar-refractivity contribution >= 4 is 29.3 Å². The second kappa shape index (κ2) is 4.77. The maximum atomic E-state index is 11.1. The van der Waals surface area contributed by atoms with Crippen LogP contribution in [0.5, 0.6) is 0 Å². The van der Waals surface area contributed by atoms with Gasteiger partial charge in [0.15, 0.2) is 11.5 Å². The van der Waals surface area contributed by atoms with Gasteiger partial charge in [-0.15, -0.1) is 11.8 Å². The van der Waals surface area contributed by atoms with Crippen LogP contribution in [-0.4, -0.2) is 32.1 Å². The van der Waals surface area contributed by atoms with E-state index in [-0.39, 0.29) is 5.69 Å². The Morgan fingerprint density at radius 1 is 1.59 bits per heavy atom. The Morgan fingerprint density at radius 2 is 2.35 bits per heavy atom. The summed E-state index contributed by atoms with van der Waals surface area (Å²) in [5.41, 5.74) is 0.0370. The molecular weight excluding hydrogens is 262 g/mol. The van der Waals surface area contributed by atoms with E-state index in [1.165, 1.54) is 28.7 Å². The highest BCUT2D eigenvalue weighted by Crippen LogP contribution is 2.22. The monoisotopic (exact) mass is 269 g/mol. The van der Waals surface area contributed by atoms with Gasteiger partial charge < -0.3 is 5.11 Å². The molecule has 0 aliphatic rings. The predicted molar refractivity (Wildman–Crippen MR) is 65.1 cm³/mol. The molecule has 0 aromatic carbocycles. The predicted octanol–water partition coefficient (Wildman–Crippen LogP) is 2.34. The topological polar surface area (TPSA) is 68.0 Å². The zero-order valence-electron chi connectivity index (χ0n) is 8.79. The number of carbonyl (C=O) groups is 1. The molecule has 0 unspecified atom stereocenters. The highest BCUT2D eigenvalue weighted by molar-refractivity contribution is 7.98. The minimum atomic E-state index is -1.07. The van der Waals surface area contributed by atoms with Crippen molar-refractivity contribution in [1.82, 2.24) is 14.8 Å². The molecular formula is C10H8ClN3O2S. The van der Waals surface area contributed by atoms with Gasteiger partial charge in [-0.25, -0.2) is 14.5 Å². The summed E-state index contributed by atoms with van der Waals surface area (Å²) in [6.45, 7) is 0. The van der Waals surface area contributed by atoms with E-state index in [1.54, 1.807) is 12.1 Å². The van der Waals surface area contributed by atoms with Crippen LogP contribution >= 0.6 is 23.4 Å². The van der Waals surface area contributed by atoms with Crippen molar-refractivity contribution in [2.45, 2.75) is 5.03 Å². The van der Waals surface area contributed by atoms with Crippen molar-refractivity contribution in [2.24, 2.45) is 0 Å². The SMILES string of the molecule is CSc1cc(C(=O)O)n(-c2ncccc2Cl)n1. The fraction of sp³-hybridized carbons (Fsp3) is 0.100. The number of thioether (sulfide) groups is 1. The van der Waals surface area contributed by atoms with Crippen LogP contribution in [0.4, 0.5) is 0 Å². The van der Waals surface area contributed by atoms with Gasteiger partial charge in [-0.1, -0.05) is 11.6 Å². The van der Waals surface area contributed by atoms with Crippen LogP contribution in [0.15, 0.2) is 29.4 Å². The Morgan fingerprint density at radius 3 is 2.94 bits per heavy atom. The highest BCUT2D eigenvalue weighted by Gasteiger charge is 2.17. The van der Waals surface area contributed by atoms with Crippen molar-refractivity contribution in [2.75, 3.05) is 6.26 Å². The summed E-state index contributed by atoms with van der Waals surface area (Å²) >= 11 is 7.32. The van der Waals surface area contributed by atoms with Gasteiger partial charge in [0.2, 0.25) is 0 Å². The number of aromatic nitrogens is 3. The molecule has 0 bridgehead atoms. The Bertz CT molecular complexity index is 570. The maximum absolute atomic E-state index is 11.1. The van der Waals surface area contributed by atoms with Crippen LogP contribution in [0.2, 0.25) is 5.02 Å². The molecule has 2 rings (SSSR count). The van der Waals surface area contributed by atoms with E-state index in [1.807, 2.05) is 6.26 Å². The Labute approximate surface area is 106 Å². The zero-order valence-corrected chi connectivity index (χ0v) is 10.4. The summed E-state index contributed by atoms with van der Waals surface area (Å²) in [5, 5.41) is 14.2. The molecule has 88 valence electrons. The maximum Gasteiger partial charge on any atom is 0.354 e. The van der Waals surface area contributed by atoms with Crippen molar-refractivity contribution in [3.8, 4) is 5.82 Å². The second-order valence-electron chi connectivity index (χ2n) is 3.10. The van der Waals surface area contributed by atoms with Crippen LogP contribution in [0.25, 0.3) is 5.82 Å². The van der Waals surface area contributed by atoms with E-state index < -0.39 is 5.97 Å². The smallest absolute Gasteiger partial charge is 0.354 e. The van der Waals surface area contributed by atoms with Gasteiger partial charge in [0.05, 0.1) is 5.02 Å². The van der Waals surface area contributed by atoms with E-state index in [2.05, 4.69) is 10.1 Å². The molecule has 0 atom stereocenters. The van der Waals surface area contributed by atoms with Gasteiger partial charge in [0.25, 0.3) is 0 Å². The molecule has 0 fully saturated rings. The number of aromatic carboxylic acids is 1. The van der Waals surface area contributed by atoms with Gasteiger partial charge >= 0.3 is 5.97 Å². The Hall–Kier alpha value is -1.53. The van der Waals surface area contributed by atoms with Gasteiger partial charge in [-0.2, -0.15) is 5.10 Å². The van der Waals surface area contributed by atoms with Gasteiger partial charge in [0, 0.05) is 12.3 Å². The number of carboxylic acid groups (broad SMARTS) is 1. The summed E-state index contributed by atoms with van der Waals surface area (Å²) < 4.78 is 1.23. The number of nitrogens with zero attached hydrogens (tertiary/aromatic N) is 3. The van der Waals surface area contributed by atoms with E-state index in [4.69, 9.17) is 16.7 Å². The summed E-state index contributed by atoms with van der Waals surface area (Å²) in [6, 6.07) is 4.79. The van der Waals surface area contributed by atoms with E-state index in [9.17, 15) is 4.79 Å². The fourth-order valence-corrected chi connectivity index (χ4v) is 1.90. The molecule has 0 amide bonds. The van der Waals surface area contributed by atoms with Crippen LogP contribution in [0.3, 0.4) is 0 Å². The van der Waals surface area contributed by atoms with Gasteiger partial charge in [0.1, 0.15) is 5.03 Å². The third-order valence-corrected chi connectivity index (χ3v) is 2.97. The van der Waals surface area contributed by atoms with E-state index in [0.29, 0.717) is 15.9 Å². The Kier molecular flexibility index (Phi) is 3.35. The number of halogens is 1.